The smallest absolute Gasteiger partial charge is 0.175 e. The molecule has 1 N–H and O–H groups in total. The van der Waals surface area contributed by atoms with Crippen LogP contribution in [0.3, 0.4) is 0 Å². The van der Waals surface area contributed by atoms with E-state index >= 15 is 0 Å². The molecule has 4 rings (SSSR count). The molecule has 6 heteroatoms. The molecule has 136 valence electrons. The predicted octanol–water partition coefficient (Wildman–Crippen LogP) is 5.59. The summed E-state index contributed by atoms with van der Waals surface area (Å²) in [5, 5.41) is 10.3. The van der Waals surface area contributed by atoms with E-state index < -0.39 is 9.84 Å². The normalized spacial score (nSPS) is 18.6. The molecule has 3 nitrogen and oxygen atoms in total. The van der Waals surface area contributed by atoms with Crippen LogP contribution in [0.2, 0.25) is 10.0 Å². The van der Waals surface area contributed by atoms with Gasteiger partial charge >= 0.3 is 0 Å². The Kier molecular flexibility index (Phi) is 4.14. The first-order valence-electron chi connectivity index (χ1n) is 8.39. The number of phenolic OH excluding ortho intramolecular Hbond substituents is 1. The van der Waals surface area contributed by atoms with E-state index in [0.29, 0.717) is 10.3 Å². The molecule has 2 aromatic carbocycles. The van der Waals surface area contributed by atoms with Gasteiger partial charge in [-0.2, -0.15) is 0 Å². The highest BCUT2D eigenvalue weighted by Gasteiger charge is 2.48. The summed E-state index contributed by atoms with van der Waals surface area (Å²) in [5.41, 5.74) is 4.65. The van der Waals surface area contributed by atoms with E-state index in [1.165, 1.54) is 30.2 Å². The minimum Gasteiger partial charge on any atom is -0.505 e. The van der Waals surface area contributed by atoms with Crippen LogP contribution in [0.1, 0.15) is 36.8 Å². The van der Waals surface area contributed by atoms with Gasteiger partial charge in [0.1, 0.15) is 0 Å². The molecule has 0 saturated heterocycles. The summed E-state index contributed by atoms with van der Waals surface area (Å²) >= 11 is 12.3. The lowest BCUT2D eigenvalue weighted by Gasteiger charge is -2.11. The van der Waals surface area contributed by atoms with Gasteiger partial charge in [-0.1, -0.05) is 35.3 Å². The molecule has 1 spiro atoms. The zero-order chi connectivity index (χ0) is 18.7. The Balaban J connectivity index is 1.82. The number of benzene rings is 2. The van der Waals surface area contributed by atoms with Crippen LogP contribution in [0.5, 0.6) is 5.75 Å². The molecule has 1 saturated carbocycles. The van der Waals surface area contributed by atoms with Crippen LogP contribution in [-0.4, -0.2) is 19.8 Å². The Morgan fingerprint density at radius 3 is 1.88 bits per heavy atom. The van der Waals surface area contributed by atoms with E-state index in [1.807, 2.05) is 12.1 Å². The monoisotopic (exact) mass is 408 g/mol. The second-order valence-electron chi connectivity index (χ2n) is 7.40. The summed E-state index contributed by atoms with van der Waals surface area (Å²) in [4.78, 5) is 0.318. The van der Waals surface area contributed by atoms with Crippen molar-refractivity contribution in [3.8, 4) is 5.75 Å². The first-order valence-corrected chi connectivity index (χ1v) is 11.0. The van der Waals surface area contributed by atoms with E-state index in [9.17, 15) is 13.5 Å². The fourth-order valence-electron chi connectivity index (χ4n) is 3.75. The molecule has 0 bridgehead atoms. The highest BCUT2D eigenvalue weighted by atomic mass is 35.5. The number of rotatable bonds is 3. The van der Waals surface area contributed by atoms with Gasteiger partial charge in [0, 0.05) is 6.26 Å². The van der Waals surface area contributed by atoms with Crippen molar-refractivity contribution in [3.63, 3.8) is 0 Å². The van der Waals surface area contributed by atoms with Gasteiger partial charge in [0.15, 0.2) is 15.6 Å². The van der Waals surface area contributed by atoms with E-state index in [-0.39, 0.29) is 15.8 Å². The molecule has 0 radical (unpaired) electrons. The minimum absolute atomic E-state index is 0.101. The molecule has 0 heterocycles. The van der Waals surface area contributed by atoms with E-state index in [2.05, 4.69) is 0 Å². The summed E-state index contributed by atoms with van der Waals surface area (Å²) in [6, 6.07) is 10.6. The summed E-state index contributed by atoms with van der Waals surface area (Å²) in [5.74, 6) is -0.101. The molecule has 26 heavy (non-hydrogen) atoms. The molecule has 0 unspecified atom stereocenters. The lowest BCUT2D eigenvalue weighted by atomic mass is 9.97. The lowest BCUT2D eigenvalue weighted by Crippen LogP contribution is -1.97. The van der Waals surface area contributed by atoms with Crippen LogP contribution in [0.15, 0.2) is 41.3 Å². The summed E-state index contributed by atoms with van der Waals surface area (Å²) in [6.45, 7) is 0. The molecule has 1 fully saturated rings. The van der Waals surface area contributed by atoms with Gasteiger partial charge < -0.3 is 5.11 Å². The largest absolute Gasteiger partial charge is 0.505 e. The van der Waals surface area contributed by atoms with Crippen molar-refractivity contribution in [2.75, 3.05) is 6.26 Å². The van der Waals surface area contributed by atoms with Gasteiger partial charge in [0.2, 0.25) is 0 Å². The first kappa shape index (κ1) is 17.9. The maximum atomic E-state index is 11.7. The third-order valence-electron chi connectivity index (χ3n) is 5.42. The first-order chi connectivity index (χ1) is 12.2. The fourth-order valence-corrected chi connectivity index (χ4v) is 4.87. The number of hydrogen-bond donors (Lipinski definition) is 1. The molecular weight excluding hydrogens is 391 g/mol. The lowest BCUT2D eigenvalue weighted by molar-refractivity contribution is 0.476. The third kappa shape index (κ3) is 3.15. The second-order valence-corrected chi connectivity index (χ2v) is 10.2. The maximum absolute atomic E-state index is 11.7. The summed E-state index contributed by atoms with van der Waals surface area (Å²) < 4.78 is 23.4. The quantitative estimate of drug-likeness (QED) is 0.719. The molecule has 0 aliphatic heterocycles. The number of allylic oxidation sites excluding steroid dienone is 2. The highest BCUT2D eigenvalue weighted by molar-refractivity contribution is 7.90. The molecule has 2 aliphatic rings. The number of aromatic hydroxyl groups is 1. The van der Waals surface area contributed by atoms with Crippen LogP contribution < -0.4 is 0 Å². The van der Waals surface area contributed by atoms with Crippen LogP contribution in [0, 0.1) is 5.41 Å². The molecule has 0 aromatic heterocycles. The highest BCUT2D eigenvalue weighted by Crippen LogP contribution is 2.63. The molecule has 2 aliphatic carbocycles. The number of halogens is 2. The Hall–Kier alpha value is -1.49. The van der Waals surface area contributed by atoms with Crippen molar-refractivity contribution in [2.24, 2.45) is 5.41 Å². The van der Waals surface area contributed by atoms with E-state index in [1.54, 1.807) is 24.3 Å². The van der Waals surface area contributed by atoms with Gasteiger partial charge in [-0.15, -0.1) is 0 Å². The van der Waals surface area contributed by atoms with Crippen molar-refractivity contribution in [1.82, 2.24) is 0 Å². The van der Waals surface area contributed by atoms with Crippen LogP contribution >= 0.6 is 23.2 Å². The fraction of sp³-hybridized carbons (Fsp3) is 0.300. The minimum atomic E-state index is -3.21. The topological polar surface area (TPSA) is 54.4 Å². The number of phenols is 1. The van der Waals surface area contributed by atoms with Gasteiger partial charge in [-0.05, 0) is 77.6 Å². The Morgan fingerprint density at radius 2 is 1.42 bits per heavy atom. The number of hydrogen-bond acceptors (Lipinski definition) is 3. The number of sulfone groups is 1. The van der Waals surface area contributed by atoms with Gasteiger partial charge in [0.25, 0.3) is 0 Å². The SMILES string of the molecule is CS(=O)(=O)c1ccc(C2=C(c3cc(Cl)c(O)c(Cl)c3)CC3(CC3)C2)cc1. The average Bonchev–Trinajstić information content (AvgIpc) is 3.22. The van der Waals surface area contributed by atoms with Crippen molar-refractivity contribution in [1.29, 1.82) is 0 Å². The third-order valence-corrected chi connectivity index (χ3v) is 7.13. The van der Waals surface area contributed by atoms with Crippen molar-refractivity contribution in [2.45, 2.75) is 30.6 Å². The molecule has 0 atom stereocenters. The second kappa shape index (κ2) is 6.01. The Morgan fingerprint density at radius 1 is 0.923 bits per heavy atom. The molecule has 0 amide bonds. The van der Waals surface area contributed by atoms with Crippen molar-refractivity contribution >= 4 is 44.2 Å². The van der Waals surface area contributed by atoms with Gasteiger partial charge in [-0.25, -0.2) is 8.42 Å². The van der Waals surface area contributed by atoms with E-state index in [4.69, 9.17) is 23.2 Å². The Bertz CT molecular complexity index is 1010. The predicted molar refractivity (Wildman–Crippen MR) is 105 cm³/mol. The molecular formula is C20H18Cl2O3S. The van der Waals surface area contributed by atoms with Gasteiger partial charge in [0.05, 0.1) is 14.9 Å². The maximum Gasteiger partial charge on any atom is 0.175 e. The van der Waals surface area contributed by atoms with Crippen molar-refractivity contribution in [3.05, 3.63) is 57.6 Å². The summed E-state index contributed by atoms with van der Waals surface area (Å²) in [6.07, 6.45) is 5.52. The van der Waals surface area contributed by atoms with Gasteiger partial charge in [-0.3, -0.25) is 0 Å². The Labute approximate surface area is 163 Å². The van der Waals surface area contributed by atoms with Crippen LogP contribution in [0.25, 0.3) is 11.1 Å². The average molecular weight is 409 g/mol. The zero-order valence-electron chi connectivity index (χ0n) is 14.2. The van der Waals surface area contributed by atoms with Crippen LogP contribution in [-0.2, 0) is 9.84 Å². The summed E-state index contributed by atoms with van der Waals surface area (Å²) in [7, 11) is -3.21. The van der Waals surface area contributed by atoms with Crippen molar-refractivity contribution < 1.29 is 13.5 Å². The standard InChI is InChI=1S/C20H18Cl2O3S/c1-26(24,25)14-4-2-12(3-5-14)15-10-20(6-7-20)11-16(15)13-8-17(21)19(23)18(22)9-13/h2-5,8-9,23H,6-7,10-11H2,1H3. The van der Waals surface area contributed by atoms with Crippen LogP contribution in [0.4, 0.5) is 0 Å². The molecule has 2 aromatic rings. The zero-order valence-corrected chi connectivity index (χ0v) is 16.5. The van der Waals surface area contributed by atoms with E-state index in [0.717, 1.165) is 24.0 Å².